The van der Waals surface area contributed by atoms with Gasteiger partial charge in [-0.3, -0.25) is 9.67 Å². The molecule has 16 heavy (non-hydrogen) atoms. The molecular weight excluding hydrogens is 202 g/mol. The van der Waals surface area contributed by atoms with Crippen molar-refractivity contribution in [3.8, 4) is 0 Å². The van der Waals surface area contributed by atoms with Crippen molar-refractivity contribution in [2.75, 3.05) is 0 Å². The molecule has 0 saturated heterocycles. The minimum absolute atomic E-state index is 0.720. The minimum atomic E-state index is 0.720. The van der Waals surface area contributed by atoms with E-state index in [1.54, 1.807) is 11.0 Å². The van der Waals surface area contributed by atoms with E-state index in [1.807, 2.05) is 25.5 Å². The summed E-state index contributed by atoms with van der Waals surface area (Å²) in [6.07, 6.45) is 5.25. The van der Waals surface area contributed by atoms with E-state index >= 15 is 0 Å². The van der Waals surface area contributed by atoms with Gasteiger partial charge in [-0.2, -0.15) is 5.10 Å². The maximum Gasteiger partial charge on any atom is 0.140 e. The van der Waals surface area contributed by atoms with Gasteiger partial charge < -0.3 is 5.32 Å². The smallest absolute Gasteiger partial charge is 0.140 e. The number of hydrogen-bond donors (Lipinski definition) is 1. The summed E-state index contributed by atoms with van der Waals surface area (Å²) >= 11 is 0. The number of nitrogens with zero attached hydrogens (tertiary/aromatic N) is 4. The molecule has 1 N–H and O–H groups in total. The van der Waals surface area contributed by atoms with E-state index in [4.69, 9.17) is 0 Å². The molecule has 0 atom stereocenters. The van der Waals surface area contributed by atoms with Gasteiger partial charge in [-0.25, -0.2) is 4.98 Å². The van der Waals surface area contributed by atoms with Crippen LogP contribution in [0.4, 0.5) is 0 Å². The first-order valence-electron chi connectivity index (χ1n) is 5.20. The topological polar surface area (TPSA) is 55.6 Å². The molecule has 5 heteroatoms. The van der Waals surface area contributed by atoms with E-state index < -0.39 is 0 Å². The highest BCUT2D eigenvalue weighted by Gasteiger charge is 2.00. The van der Waals surface area contributed by atoms with Crippen LogP contribution >= 0.6 is 0 Å². The number of pyridine rings is 1. The molecule has 2 aromatic rings. The van der Waals surface area contributed by atoms with Crippen molar-refractivity contribution in [1.82, 2.24) is 25.1 Å². The minimum Gasteiger partial charge on any atom is -0.306 e. The maximum atomic E-state index is 4.15. The molecular formula is C11H15N5. The Morgan fingerprint density at radius 3 is 2.94 bits per heavy atom. The number of aromatic nitrogens is 4. The summed E-state index contributed by atoms with van der Waals surface area (Å²) in [6.45, 7) is 3.60. The molecule has 0 amide bonds. The van der Waals surface area contributed by atoms with Gasteiger partial charge in [0.15, 0.2) is 0 Å². The lowest BCUT2D eigenvalue weighted by Gasteiger charge is -2.06. The fourth-order valence-electron chi connectivity index (χ4n) is 1.49. The Labute approximate surface area is 94.5 Å². The molecule has 2 rings (SSSR count). The predicted octanol–water partition coefficient (Wildman–Crippen LogP) is 0.808. The third-order valence-corrected chi connectivity index (χ3v) is 2.54. The Balaban J connectivity index is 1.89. The van der Waals surface area contributed by atoms with Gasteiger partial charge in [0.25, 0.3) is 0 Å². The van der Waals surface area contributed by atoms with Crippen LogP contribution in [-0.2, 0) is 20.1 Å². The second-order valence-electron chi connectivity index (χ2n) is 3.71. The lowest BCUT2D eigenvalue weighted by molar-refractivity contribution is 0.613. The van der Waals surface area contributed by atoms with Crippen LogP contribution < -0.4 is 5.32 Å². The van der Waals surface area contributed by atoms with Crippen molar-refractivity contribution >= 4 is 0 Å². The SMILES string of the molecule is Cc1cnccc1CNCc1ncnn1C. The van der Waals surface area contributed by atoms with Crippen LogP contribution in [0.15, 0.2) is 24.8 Å². The number of rotatable bonds is 4. The molecule has 0 aliphatic heterocycles. The first-order chi connectivity index (χ1) is 7.77. The lowest BCUT2D eigenvalue weighted by atomic mass is 10.1. The average Bonchev–Trinajstić information content (AvgIpc) is 2.67. The van der Waals surface area contributed by atoms with Crippen LogP contribution in [-0.4, -0.2) is 19.7 Å². The van der Waals surface area contributed by atoms with E-state index in [9.17, 15) is 0 Å². The summed E-state index contributed by atoms with van der Waals surface area (Å²) in [6, 6.07) is 2.03. The third-order valence-electron chi connectivity index (χ3n) is 2.54. The van der Waals surface area contributed by atoms with Gasteiger partial charge in [0.1, 0.15) is 12.2 Å². The van der Waals surface area contributed by atoms with E-state index in [2.05, 4.69) is 27.3 Å². The molecule has 0 aliphatic carbocycles. The van der Waals surface area contributed by atoms with Crippen LogP contribution in [0.3, 0.4) is 0 Å². The summed E-state index contributed by atoms with van der Waals surface area (Å²) in [7, 11) is 1.89. The largest absolute Gasteiger partial charge is 0.306 e. The highest BCUT2D eigenvalue weighted by molar-refractivity contribution is 5.21. The molecule has 84 valence electrons. The predicted molar refractivity (Wildman–Crippen MR) is 60.5 cm³/mol. The van der Waals surface area contributed by atoms with Gasteiger partial charge >= 0.3 is 0 Å². The molecule has 0 saturated carbocycles. The second-order valence-corrected chi connectivity index (χ2v) is 3.71. The highest BCUT2D eigenvalue weighted by atomic mass is 15.3. The Hall–Kier alpha value is -1.75. The summed E-state index contributed by atoms with van der Waals surface area (Å²) in [5.41, 5.74) is 2.46. The molecule has 0 radical (unpaired) electrons. The van der Waals surface area contributed by atoms with E-state index in [-0.39, 0.29) is 0 Å². The summed E-state index contributed by atoms with van der Waals surface area (Å²) in [4.78, 5) is 8.21. The number of hydrogen-bond acceptors (Lipinski definition) is 4. The molecule has 0 fully saturated rings. The number of nitrogens with one attached hydrogen (secondary N) is 1. The molecule has 2 heterocycles. The Morgan fingerprint density at radius 2 is 2.25 bits per heavy atom. The second kappa shape index (κ2) is 4.85. The van der Waals surface area contributed by atoms with Crippen LogP contribution in [0.5, 0.6) is 0 Å². The average molecular weight is 217 g/mol. The number of aryl methyl sites for hydroxylation is 2. The summed E-state index contributed by atoms with van der Waals surface area (Å²) < 4.78 is 1.77. The molecule has 0 spiro atoms. The third kappa shape index (κ3) is 2.43. The van der Waals surface area contributed by atoms with Crippen molar-refractivity contribution in [3.05, 3.63) is 41.7 Å². The van der Waals surface area contributed by atoms with Crippen LogP contribution in [0.1, 0.15) is 17.0 Å². The van der Waals surface area contributed by atoms with Gasteiger partial charge in [-0.1, -0.05) is 0 Å². The fourth-order valence-corrected chi connectivity index (χ4v) is 1.49. The molecule has 0 aliphatic rings. The first-order valence-corrected chi connectivity index (χ1v) is 5.20. The molecule has 0 unspecified atom stereocenters. The quantitative estimate of drug-likeness (QED) is 0.823. The highest BCUT2D eigenvalue weighted by Crippen LogP contribution is 2.04. The van der Waals surface area contributed by atoms with Crippen LogP contribution in [0, 0.1) is 6.92 Å². The Kier molecular flexibility index (Phi) is 3.26. The van der Waals surface area contributed by atoms with Gasteiger partial charge in [-0.05, 0) is 24.1 Å². The summed E-state index contributed by atoms with van der Waals surface area (Å²) in [5.74, 6) is 0.937. The van der Waals surface area contributed by atoms with E-state index in [1.165, 1.54) is 11.1 Å². The zero-order valence-electron chi connectivity index (χ0n) is 9.51. The monoisotopic (exact) mass is 217 g/mol. The molecule has 0 bridgehead atoms. The fraction of sp³-hybridized carbons (Fsp3) is 0.364. The van der Waals surface area contributed by atoms with Gasteiger partial charge in [0.05, 0.1) is 6.54 Å². The van der Waals surface area contributed by atoms with E-state index in [0.717, 1.165) is 18.9 Å². The Bertz CT molecular complexity index is 463. The normalized spacial score (nSPS) is 10.6. The maximum absolute atomic E-state index is 4.15. The first kappa shape index (κ1) is 10.8. The van der Waals surface area contributed by atoms with Crippen molar-refractivity contribution in [3.63, 3.8) is 0 Å². The van der Waals surface area contributed by atoms with Gasteiger partial charge in [-0.15, -0.1) is 0 Å². The van der Waals surface area contributed by atoms with Crippen molar-refractivity contribution in [1.29, 1.82) is 0 Å². The molecule has 0 aromatic carbocycles. The summed E-state index contributed by atoms with van der Waals surface area (Å²) in [5, 5.41) is 7.35. The van der Waals surface area contributed by atoms with Crippen LogP contribution in [0.2, 0.25) is 0 Å². The van der Waals surface area contributed by atoms with Crippen LogP contribution in [0.25, 0.3) is 0 Å². The van der Waals surface area contributed by atoms with Crippen molar-refractivity contribution < 1.29 is 0 Å². The van der Waals surface area contributed by atoms with Gasteiger partial charge in [0.2, 0.25) is 0 Å². The molecule has 2 aromatic heterocycles. The lowest BCUT2D eigenvalue weighted by Crippen LogP contribution is -2.16. The molecule has 5 nitrogen and oxygen atoms in total. The zero-order valence-corrected chi connectivity index (χ0v) is 9.51. The van der Waals surface area contributed by atoms with Crippen molar-refractivity contribution in [2.45, 2.75) is 20.0 Å². The Morgan fingerprint density at radius 1 is 1.38 bits per heavy atom. The van der Waals surface area contributed by atoms with Crippen molar-refractivity contribution in [2.24, 2.45) is 7.05 Å². The van der Waals surface area contributed by atoms with E-state index in [0.29, 0.717) is 0 Å². The zero-order chi connectivity index (χ0) is 11.4. The standard InChI is InChI=1S/C11H15N5/c1-9-5-12-4-3-10(9)6-13-7-11-14-8-15-16(11)2/h3-5,8,13H,6-7H2,1-2H3. The van der Waals surface area contributed by atoms with Gasteiger partial charge in [0, 0.05) is 26.0 Å².